The topological polar surface area (TPSA) is 70.7 Å². The summed E-state index contributed by atoms with van der Waals surface area (Å²) >= 11 is 0. The maximum absolute atomic E-state index is 12.5. The molecule has 6 heteroatoms. The van der Waals surface area contributed by atoms with E-state index in [0.29, 0.717) is 19.4 Å². The van der Waals surface area contributed by atoms with E-state index in [4.69, 9.17) is 4.74 Å². The van der Waals surface area contributed by atoms with Crippen LogP contribution < -0.4 is 10.6 Å². The van der Waals surface area contributed by atoms with E-state index in [1.807, 2.05) is 0 Å². The monoisotopic (exact) mass is 267 g/mol. The van der Waals surface area contributed by atoms with Crippen LogP contribution in [0.3, 0.4) is 0 Å². The van der Waals surface area contributed by atoms with E-state index in [9.17, 15) is 9.59 Å². The highest BCUT2D eigenvalue weighted by Crippen LogP contribution is 2.27. The molecule has 0 aliphatic carbocycles. The fourth-order valence-corrected chi connectivity index (χ4v) is 3.22. The molecule has 6 nitrogen and oxygen atoms in total. The van der Waals surface area contributed by atoms with Gasteiger partial charge in [-0.3, -0.25) is 9.69 Å². The van der Waals surface area contributed by atoms with Gasteiger partial charge in [-0.15, -0.1) is 0 Å². The van der Waals surface area contributed by atoms with Crippen LogP contribution in [0, 0.1) is 0 Å². The first-order chi connectivity index (χ1) is 9.21. The SMILES string of the molecule is O=C1NC2(CCNCC2)C(=O)N1CCC1CCCO1. The molecule has 2 N–H and O–H groups in total. The van der Waals surface area contributed by atoms with Gasteiger partial charge in [0.05, 0.1) is 6.10 Å². The Hall–Kier alpha value is -1.14. The number of nitrogens with one attached hydrogen (secondary N) is 2. The van der Waals surface area contributed by atoms with Gasteiger partial charge in [0.2, 0.25) is 0 Å². The van der Waals surface area contributed by atoms with Crippen LogP contribution >= 0.6 is 0 Å². The summed E-state index contributed by atoms with van der Waals surface area (Å²) < 4.78 is 5.54. The van der Waals surface area contributed by atoms with Crippen LogP contribution in [0.5, 0.6) is 0 Å². The van der Waals surface area contributed by atoms with Crippen LogP contribution in [-0.4, -0.2) is 54.7 Å². The van der Waals surface area contributed by atoms with Gasteiger partial charge < -0.3 is 15.4 Å². The number of carbonyl (C=O) groups excluding carboxylic acids is 2. The van der Waals surface area contributed by atoms with Crippen molar-refractivity contribution in [1.29, 1.82) is 0 Å². The van der Waals surface area contributed by atoms with Gasteiger partial charge in [0, 0.05) is 13.2 Å². The van der Waals surface area contributed by atoms with Crippen molar-refractivity contribution in [2.75, 3.05) is 26.2 Å². The molecule has 3 heterocycles. The van der Waals surface area contributed by atoms with Crippen molar-refractivity contribution in [2.45, 2.75) is 43.7 Å². The third kappa shape index (κ3) is 2.34. The van der Waals surface area contributed by atoms with E-state index >= 15 is 0 Å². The number of carbonyl (C=O) groups is 2. The van der Waals surface area contributed by atoms with Crippen molar-refractivity contribution in [3.05, 3.63) is 0 Å². The lowest BCUT2D eigenvalue weighted by molar-refractivity contribution is -0.132. The van der Waals surface area contributed by atoms with Gasteiger partial charge in [-0.25, -0.2) is 4.79 Å². The smallest absolute Gasteiger partial charge is 0.325 e. The summed E-state index contributed by atoms with van der Waals surface area (Å²) in [7, 11) is 0. The van der Waals surface area contributed by atoms with Gasteiger partial charge in [-0.1, -0.05) is 0 Å². The lowest BCUT2D eigenvalue weighted by atomic mass is 9.88. The molecule has 0 aromatic heterocycles. The zero-order chi connectivity index (χ0) is 13.3. The molecule has 1 spiro atoms. The summed E-state index contributed by atoms with van der Waals surface area (Å²) in [5.41, 5.74) is -0.640. The van der Waals surface area contributed by atoms with Crippen LogP contribution in [0.25, 0.3) is 0 Å². The Bertz CT molecular complexity index is 373. The zero-order valence-corrected chi connectivity index (χ0v) is 11.1. The van der Waals surface area contributed by atoms with E-state index in [1.54, 1.807) is 0 Å². The van der Waals surface area contributed by atoms with Gasteiger partial charge in [0.15, 0.2) is 0 Å². The third-order valence-electron chi connectivity index (χ3n) is 4.40. The number of amides is 3. The van der Waals surface area contributed by atoms with Gasteiger partial charge in [0.25, 0.3) is 5.91 Å². The van der Waals surface area contributed by atoms with Crippen molar-refractivity contribution >= 4 is 11.9 Å². The fraction of sp³-hybridized carbons (Fsp3) is 0.846. The fourth-order valence-electron chi connectivity index (χ4n) is 3.22. The van der Waals surface area contributed by atoms with Crippen molar-refractivity contribution in [3.8, 4) is 0 Å². The van der Waals surface area contributed by atoms with E-state index in [0.717, 1.165) is 39.0 Å². The Morgan fingerprint density at radius 1 is 1.32 bits per heavy atom. The first kappa shape index (κ1) is 12.9. The second-order valence-corrected chi connectivity index (χ2v) is 5.64. The van der Waals surface area contributed by atoms with Crippen molar-refractivity contribution in [1.82, 2.24) is 15.5 Å². The normalized spacial score (nSPS) is 30.1. The summed E-state index contributed by atoms with van der Waals surface area (Å²) in [5, 5.41) is 6.12. The van der Waals surface area contributed by atoms with E-state index < -0.39 is 5.54 Å². The maximum Gasteiger partial charge on any atom is 0.325 e. The molecule has 0 aromatic carbocycles. The largest absolute Gasteiger partial charge is 0.378 e. The zero-order valence-electron chi connectivity index (χ0n) is 11.1. The number of piperidine rings is 1. The van der Waals surface area contributed by atoms with Crippen LogP contribution in [-0.2, 0) is 9.53 Å². The highest BCUT2D eigenvalue weighted by Gasteiger charge is 2.51. The number of nitrogens with zero attached hydrogens (tertiary/aromatic N) is 1. The van der Waals surface area contributed by atoms with Gasteiger partial charge in [-0.2, -0.15) is 0 Å². The molecule has 0 bridgehead atoms. The van der Waals surface area contributed by atoms with Crippen molar-refractivity contribution in [2.24, 2.45) is 0 Å². The molecule has 1 unspecified atom stereocenters. The molecular formula is C13H21N3O3. The number of urea groups is 1. The molecular weight excluding hydrogens is 246 g/mol. The summed E-state index contributed by atoms with van der Waals surface area (Å²) in [6.07, 6.45) is 4.47. The molecule has 0 radical (unpaired) electrons. The number of hydrogen-bond donors (Lipinski definition) is 2. The van der Waals surface area contributed by atoms with E-state index in [2.05, 4.69) is 10.6 Å². The molecule has 3 aliphatic heterocycles. The Morgan fingerprint density at radius 3 is 2.79 bits per heavy atom. The molecule has 3 amide bonds. The number of ether oxygens (including phenoxy) is 1. The lowest BCUT2D eigenvalue weighted by Gasteiger charge is -2.31. The Kier molecular flexibility index (Phi) is 3.45. The molecule has 0 aromatic rings. The standard InChI is InChI=1S/C13H21N3O3/c17-11-13(4-6-14-7-5-13)15-12(18)16(11)8-3-10-2-1-9-19-10/h10,14H,1-9H2,(H,15,18). The minimum absolute atomic E-state index is 0.0444. The number of rotatable bonds is 3. The first-order valence-electron chi connectivity index (χ1n) is 7.18. The molecule has 106 valence electrons. The number of hydrogen-bond acceptors (Lipinski definition) is 4. The average Bonchev–Trinajstić information content (AvgIpc) is 2.99. The van der Waals surface area contributed by atoms with Crippen LogP contribution in [0.4, 0.5) is 4.79 Å². The minimum atomic E-state index is -0.640. The van der Waals surface area contributed by atoms with Crippen molar-refractivity contribution < 1.29 is 14.3 Å². The van der Waals surface area contributed by atoms with E-state index in [1.165, 1.54) is 4.90 Å². The summed E-state index contributed by atoms with van der Waals surface area (Å²) in [6, 6.07) is -0.232. The lowest BCUT2D eigenvalue weighted by Crippen LogP contribution is -2.53. The predicted octanol–water partition coefficient (Wildman–Crippen LogP) is 0.229. The van der Waals surface area contributed by atoms with Crippen molar-refractivity contribution in [3.63, 3.8) is 0 Å². The Balaban J connectivity index is 1.61. The Morgan fingerprint density at radius 2 is 2.11 bits per heavy atom. The molecule has 3 rings (SSSR count). The van der Waals surface area contributed by atoms with Gasteiger partial charge in [-0.05, 0) is 45.2 Å². The highest BCUT2D eigenvalue weighted by molar-refractivity contribution is 6.07. The van der Waals surface area contributed by atoms with E-state index in [-0.39, 0.29) is 18.0 Å². The second-order valence-electron chi connectivity index (χ2n) is 5.64. The third-order valence-corrected chi connectivity index (χ3v) is 4.40. The van der Waals surface area contributed by atoms with Gasteiger partial charge >= 0.3 is 6.03 Å². The quantitative estimate of drug-likeness (QED) is 0.718. The second kappa shape index (κ2) is 5.09. The molecule has 3 fully saturated rings. The van der Waals surface area contributed by atoms with Crippen LogP contribution in [0.2, 0.25) is 0 Å². The highest BCUT2D eigenvalue weighted by atomic mass is 16.5. The molecule has 0 saturated carbocycles. The molecule has 3 saturated heterocycles. The first-order valence-corrected chi connectivity index (χ1v) is 7.18. The summed E-state index contributed by atoms with van der Waals surface area (Å²) in [6.45, 7) is 2.85. The number of imide groups is 1. The minimum Gasteiger partial charge on any atom is -0.378 e. The molecule has 1 atom stereocenters. The molecule has 19 heavy (non-hydrogen) atoms. The summed E-state index contributed by atoms with van der Waals surface area (Å²) in [4.78, 5) is 25.8. The molecule has 3 aliphatic rings. The van der Waals surface area contributed by atoms with Crippen LogP contribution in [0.1, 0.15) is 32.1 Å². The predicted molar refractivity (Wildman–Crippen MR) is 68.7 cm³/mol. The summed E-state index contributed by atoms with van der Waals surface area (Å²) in [5.74, 6) is -0.0444. The van der Waals surface area contributed by atoms with Gasteiger partial charge in [0.1, 0.15) is 5.54 Å². The Labute approximate surface area is 112 Å². The average molecular weight is 267 g/mol. The maximum atomic E-state index is 12.5. The van der Waals surface area contributed by atoms with Crippen LogP contribution in [0.15, 0.2) is 0 Å².